The number of rotatable bonds is 7. The molecular weight excluding hydrogens is 266 g/mol. The van der Waals surface area contributed by atoms with E-state index >= 15 is 0 Å². The lowest BCUT2D eigenvalue weighted by molar-refractivity contribution is 0.331. The van der Waals surface area contributed by atoms with E-state index in [9.17, 15) is 0 Å². The van der Waals surface area contributed by atoms with Crippen LogP contribution in [0.4, 0.5) is 0 Å². The number of aromatic nitrogens is 2. The summed E-state index contributed by atoms with van der Waals surface area (Å²) in [5, 5.41) is 14.7. The van der Waals surface area contributed by atoms with Crippen LogP contribution >= 0.6 is 11.3 Å². The quantitative estimate of drug-likeness (QED) is 0.784. The van der Waals surface area contributed by atoms with Crippen molar-refractivity contribution in [3.05, 3.63) is 10.0 Å². The molecule has 4 heteroatoms. The molecule has 2 fully saturated rings. The summed E-state index contributed by atoms with van der Waals surface area (Å²) < 4.78 is 0. The molecule has 1 aromatic heterocycles. The Kier molecular flexibility index (Phi) is 4.72. The number of hydrogen-bond acceptors (Lipinski definition) is 4. The van der Waals surface area contributed by atoms with Gasteiger partial charge in [-0.1, -0.05) is 20.3 Å². The first-order chi connectivity index (χ1) is 9.70. The highest BCUT2D eigenvalue weighted by Gasteiger charge is 2.39. The summed E-state index contributed by atoms with van der Waals surface area (Å²) >= 11 is 1.84. The molecule has 1 heterocycles. The van der Waals surface area contributed by atoms with Crippen LogP contribution in [0, 0.1) is 23.7 Å². The van der Waals surface area contributed by atoms with Crippen molar-refractivity contribution in [1.29, 1.82) is 0 Å². The van der Waals surface area contributed by atoms with Crippen LogP contribution < -0.4 is 5.32 Å². The van der Waals surface area contributed by atoms with Crippen molar-refractivity contribution in [3.63, 3.8) is 0 Å². The van der Waals surface area contributed by atoms with Gasteiger partial charge in [0.2, 0.25) is 0 Å². The summed E-state index contributed by atoms with van der Waals surface area (Å²) in [5.74, 6) is 3.67. The summed E-state index contributed by atoms with van der Waals surface area (Å²) in [6.45, 7) is 6.61. The van der Waals surface area contributed by atoms with Crippen molar-refractivity contribution in [3.8, 4) is 0 Å². The van der Waals surface area contributed by atoms with Crippen LogP contribution in [0.25, 0.3) is 0 Å². The first-order valence-electron chi connectivity index (χ1n) is 8.22. The average molecular weight is 293 g/mol. The molecule has 20 heavy (non-hydrogen) atoms. The van der Waals surface area contributed by atoms with Gasteiger partial charge in [-0.15, -0.1) is 21.5 Å². The van der Waals surface area contributed by atoms with Gasteiger partial charge in [0.15, 0.2) is 0 Å². The molecule has 0 aromatic carbocycles. The Labute approximate surface area is 126 Å². The van der Waals surface area contributed by atoms with Crippen LogP contribution in [0.3, 0.4) is 0 Å². The van der Waals surface area contributed by atoms with Gasteiger partial charge in [-0.25, -0.2) is 0 Å². The molecular formula is C16H27N3S. The molecule has 3 rings (SSSR count). The molecule has 0 radical (unpaired) electrons. The second-order valence-electron chi connectivity index (χ2n) is 7.08. The van der Waals surface area contributed by atoms with Crippen molar-refractivity contribution in [1.82, 2.24) is 15.5 Å². The van der Waals surface area contributed by atoms with Gasteiger partial charge in [0, 0.05) is 19.4 Å². The normalized spacial score (nSPS) is 28.6. The summed E-state index contributed by atoms with van der Waals surface area (Å²) in [6.07, 6.45) is 8.13. The highest BCUT2D eigenvalue weighted by Crippen LogP contribution is 2.49. The lowest BCUT2D eigenvalue weighted by Gasteiger charge is -2.19. The minimum Gasteiger partial charge on any atom is -0.316 e. The first-order valence-corrected chi connectivity index (χ1v) is 9.04. The minimum atomic E-state index is 0.720. The lowest BCUT2D eigenvalue weighted by Crippen LogP contribution is -2.22. The molecule has 3 unspecified atom stereocenters. The monoisotopic (exact) mass is 293 g/mol. The zero-order valence-electron chi connectivity index (χ0n) is 12.8. The third-order valence-corrected chi connectivity index (χ3v) is 5.90. The van der Waals surface area contributed by atoms with Gasteiger partial charge in [0.1, 0.15) is 10.0 Å². The molecule has 3 nitrogen and oxygen atoms in total. The van der Waals surface area contributed by atoms with Crippen molar-refractivity contribution in [2.75, 3.05) is 13.1 Å². The van der Waals surface area contributed by atoms with Crippen LogP contribution in [0.15, 0.2) is 0 Å². The predicted molar refractivity (Wildman–Crippen MR) is 84.0 cm³/mol. The number of nitrogens with zero attached hydrogens (tertiary/aromatic N) is 2. The van der Waals surface area contributed by atoms with E-state index in [1.165, 1.54) is 42.1 Å². The summed E-state index contributed by atoms with van der Waals surface area (Å²) in [4.78, 5) is 0. The number of fused-ring (bicyclic) bond motifs is 2. The molecule has 0 amide bonds. The van der Waals surface area contributed by atoms with Crippen LogP contribution in [0.2, 0.25) is 0 Å². The van der Waals surface area contributed by atoms with Crippen LogP contribution in [-0.2, 0) is 12.8 Å². The largest absolute Gasteiger partial charge is 0.316 e. The van der Waals surface area contributed by atoms with Crippen LogP contribution in [0.1, 0.15) is 49.5 Å². The fraction of sp³-hybridized carbons (Fsp3) is 0.875. The van der Waals surface area contributed by atoms with Gasteiger partial charge in [-0.2, -0.15) is 0 Å². The lowest BCUT2D eigenvalue weighted by atomic mass is 9.87. The van der Waals surface area contributed by atoms with Gasteiger partial charge in [0.05, 0.1) is 0 Å². The van der Waals surface area contributed by atoms with Crippen molar-refractivity contribution in [2.24, 2.45) is 23.7 Å². The van der Waals surface area contributed by atoms with E-state index in [4.69, 9.17) is 0 Å². The molecule has 1 aromatic rings. The van der Waals surface area contributed by atoms with E-state index in [2.05, 4.69) is 29.4 Å². The second-order valence-corrected chi connectivity index (χ2v) is 8.22. The Bertz CT molecular complexity index is 429. The van der Waals surface area contributed by atoms with E-state index in [0.29, 0.717) is 0 Å². The van der Waals surface area contributed by atoms with Gasteiger partial charge in [-0.05, 0) is 49.5 Å². The maximum atomic E-state index is 4.42. The third-order valence-electron chi connectivity index (χ3n) is 4.90. The molecule has 2 saturated carbocycles. The SMILES string of the molecule is CC(C)CNCCc1nnc(CC2CC3CCC2C3)s1. The summed E-state index contributed by atoms with van der Waals surface area (Å²) in [6, 6.07) is 0. The maximum absolute atomic E-state index is 4.42. The van der Waals surface area contributed by atoms with Gasteiger partial charge in [-0.3, -0.25) is 0 Å². The molecule has 0 saturated heterocycles. The fourth-order valence-electron chi connectivity index (χ4n) is 3.91. The minimum absolute atomic E-state index is 0.720. The van der Waals surface area contributed by atoms with Gasteiger partial charge < -0.3 is 5.32 Å². The Hall–Kier alpha value is -0.480. The average Bonchev–Trinajstić information content (AvgIpc) is 3.11. The molecule has 2 aliphatic carbocycles. The highest BCUT2D eigenvalue weighted by atomic mass is 32.1. The smallest absolute Gasteiger partial charge is 0.118 e. The number of hydrogen-bond donors (Lipinski definition) is 1. The summed E-state index contributed by atoms with van der Waals surface area (Å²) in [7, 11) is 0. The Balaban J connectivity index is 1.43. The molecule has 1 N–H and O–H groups in total. The molecule has 0 aliphatic heterocycles. The molecule has 0 spiro atoms. The fourth-order valence-corrected chi connectivity index (χ4v) is 4.85. The predicted octanol–water partition coefficient (Wildman–Crippen LogP) is 3.30. The molecule has 112 valence electrons. The van der Waals surface area contributed by atoms with Crippen LogP contribution in [0.5, 0.6) is 0 Å². The molecule has 2 bridgehead atoms. The van der Waals surface area contributed by atoms with E-state index in [-0.39, 0.29) is 0 Å². The summed E-state index contributed by atoms with van der Waals surface area (Å²) in [5.41, 5.74) is 0. The van der Waals surface area contributed by atoms with Crippen LogP contribution in [-0.4, -0.2) is 23.3 Å². The van der Waals surface area contributed by atoms with Crippen molar-refractivity contribution >= 4 is 11.3 Å². The topological polar surface area (TPSA) is 37.8 Å². The molecule has 3 atom stereocenters. The van der Waals surface area contributed by atoms with Gasteiger partial charge in [0.25, 0.3) is 0 Å². The van der Waals surface area contributed by atoms with E-state index < -0.39 is 0 Å². The maximum Gasteiger partial charge on any atom is 0.118 e. The first kappa shape index (κ1) is 14.5. The second kappa shape index (κ2) is 6.52. The third kappa shape index (κ3) is 3.59. The van der Waals surface area contributed by atoms with Crippen molar-refractivity contribution < 1.29 is 0 Å². The van der Waals surface area contributed by atoms with Crippen molar-refractivity contribution in [2.45, 2.75) is 52.4 Å². The van der Waals surface area contributed by atoms with Gasteiger partial charge >= 0.3 is 0 Å². The Morgan fingerprint density at radius 1 is 1.20 bits per heavy atom. The zero-order chi connectivity index (χ0) is 13.9. The molecule has 2 aliphatic rings. The number of nitrogens with one attached hydrogen (secondary N) is 1. The van der Waals surface area contributed by atoms with E-state index in [1.807, 2.05) is 11.3 Å². The highest BCUT2D eigenvalue weighted by molar-refractivity contribution is 7.11. The standard InChI is InChI=1S/C16H27N3S/c1-11(2)10-17-6-5-15-18-19-16(20-15)9-14-8-12-3-4-13(14)7-12/h11-14,17H,3-10H2,1-2H3. The van der Waals surface area contributed by atoms with E-state index in [1.54, 1.807) is 0 Å². The Morgan fingerprint density at radius 3 is 2.75 bits per heavy atom. The Morgan fingerprint density at radius 2 is 2.05 bits per heavy atom. The van der Waals surface area contributed by atoms with E-state index in [0.717, 1.165) is 43.2 Å². The zero-order valence-corrected chi connectivity index (χ0v) is 13.6.